The standard InChI is InChI=1S/C29H20N4O4S/c34-26-18-38-29(20-9-6-10-23(17-20)33(36)37)31(26)21-13-15-22(16-14-21)32-27(19-7-2-1-3-8-19)30-25-12-5-4-11-24(25)28(32)35/h1-17,29H,18H2. The number of amides is 1. The zero-order valence-electron chi connectivity index (χ0n) is 19.9. The lowest BCUT2D eigenvalue weighted by Crippen LogP contribution is -2.28. The number of nitrogens with zero attached hydrogens (tertiary/aromatic N) is 4. The number of thioether (sulfide) groups is 1. The summed E-state index contributed by atoms with van der Waals surface area (Å²) in [5.41, 5.74) is 3.14. The Hall–Kier alpha value is -4.76. The average Bonchev–Trinajstić information content (AvgIpc) is 3.35. The molecule has 6 rings (SSSR count). The number of carbonyl (C=O) groups is 1. The largest absolute Gasteiger partial charge is 0.295 e. The smallest absolute Gasteiger partial charge is 0.269 e. The van der Waals surface area contributed by atoms with Gasteiger partial charge in [-0.3, -0.25) is 29.2 Å². The van der Waals surface area contributed by atoms with Gasteiger partial charge < -0.3 is 0 Å². The second-order valence-corrected chi connectivity index (χ2v) is 9.82. The van der Waals surface area contributed by atoms with E-state index in [2.05, 4.69) is 0 Å². The average molecular weight is 521 g/mol. The van der Waals surface area contributed by atoms with Crippen molar-refractivity contribution >= 4 is 39.9 Å². The van der Waals surface area contributed by atoms with Gasteiger partial charge in [0.2, 0.25) is 5.91 Å². The molecule has 0 radical (unpaired) electrons. The van der Waals surface area contributed by atoms with E-state index in [1.165, 1.54) is 23.9 Å². The molecule has 0 N–H and O–H groups in total. The molecule has 9 heteroatoms. The Balaban J connectivity index is 1.44. The number of non-ortho nitro benzene ring substituents is 1. The second-order valence-electron chi connectivity index (χ2n) is 8.75. The number of fused-ring (bicyclic) bond motifs is 1. The zero-order valence-corrected chi connectivity index (χ0v) is 20.7. The number of aromatic nitrogens is 2. The Morgan fingerprint density at radius 1 is 0.842 bits per heavy atom. The maximum atomic E-state index is 13.6. The Kier molecular flexibility index (Phi) is 5.97. The number of hydrogen-bond acceptors (Lipinski definition) is 6. The highest BCUT2D eigenvalue weighted by atomic mass is 32.2. The van der Waals surface area contributed by atoms with Gasteiger partial charge in [-0.25, -0.2) is 4.98 Å². The van der Waals surface area contributed by atoms with Crippen LogP contribution in [0.3, 0.4) is 0 Å². The predicted molar refractivity (Wildman–Crippen MR) is 149 cm³/mol. The summed E-state index contributed by atoms with van der Waals surface area (Å²) in [6.45, 7) is 0. The topological polar surface area (TPSA) is 98.3 Å². The number of rotatable bonds is 5. The predicted octanol–water partition coefficient (Wildman–Crippen LogP) is 5.74. The summed E-state index contributed by atoms with van der Waals surface area (Å²) >= 11 is 1.42. The number of para-hydroxylation sites is 1. The number of anilines is 1. The van der Waals surface area contributed by atoms with E-state index in [9.17, 15) is 19.7 Å². The third kappa shape index (κ3) is 4.12. The van der Waals surface area contributed by atoms with E-state index in [1.807, 2.05) is 48.5 Å². The van der Waals surface area contributed by atoms with Crippen LogP contribution in [-0.4, -0.2) is 26.1 Å². The van der Waals surface area contributed by atoms with Crippen molar-refractivity contribution in [2.75, 3.05) is 10.7 Å². The van der Waals surface area contributed by atoms with Gasteiger partial charge in [-0.05, 0) is 42.0 Å². The van der Waals surface area contributed by atoms with Crippen molar-refractivity contribution < 1.29 is 9.72 Å². The minimum Gasteiger partial charge on any atom is -0.295 e. The molecule has 5 aromatic rings. The van der Waals surface area contributed by atoms with Crippen molar-refractivity contribution in [1.29, 1.82) is 0 Å². The van der Waals surface area contributed by atoms with Crippen LogP contribution in [0.1, 0.15) is 10.9 Å². The van der Waals surface area contributed by atoms with Crippen LogP contribution in [0.15, 0.2) is 108 Å². The van der Waals surface area contributed by atoms with Crippen LogP contribution in [0, 0.1) is 10.1 Å². The van der Waals surface area contributed by atoms with E-state index in [0.29, 0.717) is 33.7 Å². The minimum atomic E-state index is -0.441. The van der Waals surface area contributed by atoms with Crippen molar-refractivity contribution in [2.45, 2.75) is 5.37 Å². The molecule has 2 heterocycles. The number of nitro benzene ring substituents is 1. The van der Waals surface area contributed by atoms with Gasteiger partial charge in [-0.1, -0.05) is 54.6 Å². The van der Waals surface area contributed by atoms with Crippen LogP contribution >= 0.6 is 11.8 Å². The summed E-state index contributed by atoms with van der Waals surface area (Å²) < 4.78 is 1.58. The van der Waals surface area contributed by atoms with Crippen LogP contribution in [0.25, 0.3) is 28.0 Å². The van der Waals surface area contributed by atoms with Gasteiger partial charge in [-0.2, -0.15) is 0 Å². The van der Waals surface area contributed by atoms with Gasteiger partial charge in [0, 0.05) is 23.4 Å². The molecule has 186 valence electrons. The lowest BCUT2D eigenvalue weighted by atomic mass is 10.1. The number of nitro groups is 1. The highest BCUT2D eigenvalue weighted by Crippen LogP contribution is 2.42. The summed E-state index contributed by atoms with van der Waals surface area (Å²) in [7, 11) is 0. The molecular formula is C29H20N4O4S. The Morgan fingerprint density at radius 3 is 2.32 bits per heavy atom. The summed E-state index contributed by atoms with van der Waals surface area (Å²) in [6.07, 6.45) is 0. The van der Waals surface area contributed by atoms with Crippen LogP contribution in [0.4, 0.5) is 11.4 Å². The summed E-state index contributed by atoms with van der Waals surface area (Å²) in [6, 6.07) is 30.3. The molecule has 0 saturated carbocycles. The summed E-state index contributed by atoms with van der Waals surface area (Å²) in [4.78, 5) is 43.8. The molecule has 1 aromatic heterocycles. The number of benzene rings is 4. The molecular weight excluding hydrogens is 500 g/mol. The maximum absolute atomic E-state index is 13.6. The van der Waals surface area contributed by atoms with Gasteiger partial charge in [0.1, 0.15) is 11.2 Å². The highest BCUT2D eigenvalue weighted by Gasteiger charge is 2.34. The van der Waals surface area contributed by atoms with Gasteiger partial charge in [0.15, 0.2) is 0 Å². The lowest BCUT2D eigenvalue weighted by molar-refractivity contribution is -0.384. The fourth-order valence-electron chi connectivity index (χ4n) is 4.66. The van der Waals surface area contributed by atoms with E-state index in [1.54, 1.807) is 51.9 Å². The third-order valence-electron chi connectivity index (χ3n) is 6.43. The Labute approximate surface area is 221 Å². The van der Waals surface area contributed by atoms with Gasteiger partial charge in [-0.15, -0.1) is 11.8 Å². The first-order valence-electron chi connectivity index (χ1n) is 11.9. The quantitative estimate of drug-likeness (QED) is 0.217. The molecule has 1 aliphatic rings. The fourth-order valence-corrected chi connectivity index (χ4v) is 5.82. The molecule has 8 nitrogen and oxygen atoms in total. The van der Waals surface area contributed by atoms with E-state index in [4.69, 9.17) is 4.98 Å². The molecule has 38 heavy (non-hydrogen) atoms. The first kappa shape index (κ1) is 23.6. The molecule has 1 unspecified atom stereocenters. The molecule has 0 aliphatic carbocycles. The van der Waals surface area contributed by atoms with Crippen molar-refractivity contribution in [3.63, 3.8) is 0 Å². The lowest BCUT2D eigenvalue weighted by Gasteiger charge is -2.24. The van der Waals surface area contributed by atoms with Crippen molar-refractivity contribution in [3.8, 4) is 17.1 Å². The van der Waals surface area contributed by atoms with E-state index < -0.39 is 10.3 Å². The Bertz CT molecular complexity index is 1750. The zero-order chi connectivity index (χ0) is 26.2. The van der Waals surface area contributed by atoms with Crippen LogP contribution in [0.2, 0.25) is 0 Å². The fraction of sp³-hybridized carbons (Fsp3) is 0.0690. The monoisotopic (exact) mass is 520 g/mol. The first-order valence-corrected chi connectivity index (χ1v) is 12.9. The summed E-state index contributed by atoms with van der Waals surface area (Å²) in [5.74, 6) is 0.694. The van der Waals surface area contributed by atoms with Crippen LogP contribution in [0.5, 0.6) is 0 Å². The third-order valence-corrected chi connectivity index (χ3v) is 7.64. The molecule has 1 amide bonds. The normalized spacial score (nSPS) is 15.2. The molecule has 1 atom stereocenters. The number of carbonyl (C=O) groups excluding carboxylic acids is 1. The molecule has 0 spiro atoms. The molecule has 1 aliphatic heterocycles. The van der Waals surface area contributed by atoms with E-state index in [0.717, 1.165) is 5.56 Å². The molecule has 1 fully saturated rings. The first-order chi connectivity index (χ1) is 18.5. The van der Waals surface area contributed by atoms with Crippen molar-refractivity contribution in [1.82, 2.24) is 9.55 Å². The van der Waals surface area contributed by atoms with Crippen LogP contribution in [-0.2, 0) is 4.79 Å². The van der Waals surface area contributed by atoms with Gasteiger partial charge in [0.05, 0.1) is 27.3 Å². The SMILES string of the molecule is O=C1CSC(c2cccc([N+](=O)[O-])c2)N1c1ccc(-n2c(-c3ccccc3)nc3ccccc3c2=O)cc1. The summed E-state index contributed by atoms with van der Waals surface area (Å²) in [5, 5.41) is 11.4. The maximum Gasteiger partial charge on any atom is 0.269 e. The van der Waals surface area contributed by atoms with Crippen molar-refractivity contribution in [2.24, 2.45) is 0 Å². The van der Waals surface area contributed by atoms with Crippen LogP contribution < -0.4 is 10.5 Å². The minimum absolute atomic E-state index is 0.0191. The number of hydrogen-bond donors (Lipinski definition) is 0. The van der Waals surface area contributed by atoms with E-state index >= 15 is 0 Å². The van der Waals surface area contributed by atoms with E-state index in [-0.39, 0.29) is 22.9 Å². The molecule has 1 saturated heterocycles. The van der Waals surface area contributed by atoms with Gasteiger partial charge in [0.25, 0.3) is 11.2 Å². The second kappa shape index (κ2) is 9.60. The van der Waals surface area contributed by atoms with Gasteiger partial charge >= 0.3 is 0 Å². The molecule has 0 bridgehead atoms. The van der Waals surface area contributed by atoms with Crippen molar-refractivity contribution in [3.05, 3.63) is 129 Å². The molecule has 4 aromatic carbocycles. The highest BCUT2D eigenvalue weighted by molar-refractivity contribution is 8.00. The Morgan fingerprint density at radius 2 is 1.55 bits per heavy atom.